The highest BCUT2D eigenvalue weighted by Gasteiger charge is 2.22. The number of fused-ring (bicyclic) bond motifs is 1. The summed E-state index contributed by atoms with van der Waals surface area (Å²) in [6, 6.07) is 22.4. The number of nitrogens with one attached hydrogen (secondary N) is 2. The van der Waals surface area contributed by atoms with Gasteiger partial charge in [0, 0.05) is 44.2 Å². The quantitative estimate of drug-likeness (QED) is 0.246. The Kier molecular flexibility index (Phi) is 7.99. The molecular weight excluding hydrogens is 505 g/mol. The van der Waals surface area contributed by atoms with Crippen LogP contribution in [0.25, 0.3) is 10.9 Å². The van der Waals surface area contributed by atoms with E-state index in [4.69, 9.17) is 37.9 Å². The first-order chi connectivity index (χ1) is 17.9. The number of nitrogens with zero attached hydrogens (tertiary/aromatic N) is 3. The third-order valence-electron chi connectivity index (χ3n) is 6.69. The van der Waals surface area contributed by atoms with E-state index in [1.54, 1.807) is 12.1 Å². The minimum absolute atomic E-state index is 0.372. The van der Waals surface area contributed by atoms with E-state index >= 15 is 0 Å². The SMILES string of the molecule is CN(C)c1nc(NC2CCC(NCc3cccc(Oc4ccc(Cl)c(Cl)c4)c3)CC2)nc2ccccc12. The van der Waals surface area contributed by atoms with Crippen molar-refractivity contribution in [2.75, 3.05) is 24.3 Å². The average Bonchev–Trinajstić information content (AvgIpc) is 2.90. The van der Waals surface area contributed by atoms with Gasteiger partial charge >= 0.3 is 0 Å². The number of rotatable bonds is 8. The van der Waals surface area contributed by atoms with Crippen LogP contribution in [-0.2, 0) is 6.54 Å². The maximum Gasteiger partial charge on any atom is 0.225 e. The molecule has 1 aliphatic rings. The number of hydrogen-bond acceptors (Lipinski definition) is 6. The van der Waals surface area contributed by atoms with Gasteiger partial charge in [0.15, 0.2) is 0 Å². The molecule has 1 aromatic heterocycles. The van der Waals surface area contributed by atoms with Gasteiger partial charge in [0.05, 0.1) is 15.6 Å². The minimum atomic E-state index is 0.372. The number of benzene rings is 3. The van der Waals surface area contributed by atoms with Gasteiger partial charge in [0.1, 0.15) is 17.3 Å². The number of halogens is 2. The second kappa shape index (κ2) is 11.5. The Morgan fingerprint density at radius 3 is 2.38 bits per heavy atom. The molecule has 0 aliphatic heterocycles. The summed E-state index contributed by atoms with van der Waals surface area (Å²) in [5.74, 6) is 3.09. The molecule has 1 fully saturated rings. The van der Waals surface area contributed by atoms with Crippen LogP contribution in [0.4, 0.5) is 11.8 Å². The van der Waals surface area contributed by atoms with Gasteiger partial charge in [-0.05, 0) is 67.6 Å². The molecule has 37 heavy (non-hydrogen) atoms. The van der Waals surface area contributed by atoms with Gasteiger partial charge in [0.2, 0.25) is 5.95 Å². The normalized spacial score (nSPS) is 17.5. The zero-order valence-corrected chi connectivity index (χ0v) is 22.6. The number of hydrogen-bond donors (Lipinski definition) is 2. The number of aromatic nitrogens is 2. The molecule has 1 saturated carbocycles. The van der Waals surface area contributed by atoms with E-state index in [9.17, 15) is 0 Å². The highest BCUT2D eigenvalue weighted by atomic mass is 35.5. The second-order valence-corrected chi connectivity index (χ2v) is 10.5. The van der Waals surface area contributed by atoms with Gasteiger partial charge in [-0.1, -0.05) is 47.5 Å². The molecule has 4 aromatic rings. The van der Waals surface area contributed by atoms with E-state index in [1.807, 2.05) is 55.4 Å². The molecule has 0 bridgehead atoms. The van der Waals surface area contributed by atoms with Crippen molar-refractivity contribution in [3.8, 4) is 11.5 Å². The highest BCUT2D eigenvalue weighted by Crippen LogP contribution is 2.30. The molecule has 0 amide bonds. The van der Waals surface area contributed by atoms with E-state index in [0.717, 1.165) is 54.7 Å². The van der Waals surface area contributed by atoms with Crippen molar-refractivity contribution < 1.29 is 4.74 Å². The lowest BCUT2D eigenvalue weighted by atomic mass is 9.91. The Bertz CT molecular complexity index is 1370. The van der Waals surface area contributed by atoms with E-state index in [0.29, 0.717) is 33.8 Å². The molecule has 2 N–H and O–H groups in total. The van der Waals surface area contributed by atoms with Crippen LogP contribution in [0.1, 0.15) is 31.2 Å². The Hall–Kier alpha value is -3.06. The van der Waals surface area contributed by atoms with Gasteiger partial charge in [-0.2, -0.15) is 4.98 Å². The van der Waals surface area contributed by atoms with E-state index in [1.165, 1.54) is 5.56 Å². The van der Waals surface area contributed by atoms with Crippen molar-refractivity contribution in [2.45, 2.75) is 44.3 Å². The summed E-state index contributed by atoms with van der Waals surface area (Å²) in [4.78, 5) is 11.6. The highest BCUT2D eigenvalue weighted by molar-refractivity contribution is 6.42. The minimum Gasteiger partial charge on any atom is -0.457 e. The first kappa shape index (κ1) is 25.6. The van der Waals surface area contributed by atoms with Crippen LogP contribution in [0, 0.1) is 0 Å². The first-order valence-corrected chi connectivity index (χ1v) is 13.4. The largest absolute Gasteiger partial charge is 0.457 e. The summed E-state index contributed by atoms with van der Waals surface area (Å²) in [6.07, 6.45) is 4.35. The molecule has 0 atom stereocenters. The van der Waals surface area contributed by atoms with Crippen LogP contribution in [0.3, 0.4) is 0 Å². The van der Waals surface area contributed by atoms with Crippen molar-refractivity contribution in [1.82, 2.24) is 15.3 Å². The van der Waals surface area contributed by atoms with E-state index < -0.39 is 0 Å². The van der Waals surface area contributed by atoms with Crippen molar-refractivity contribution in [1.29, 1.82) is 0 Å². The molecule has 6 nitrogen and oxygen atoms in total. The zero-order valence-electron chi connectivity index (χ0n) is 21.0. The number of ether oxygens (including phenoxy) is 1. The molecule has 8 heteroatoms. The molecular formula is C29H31Cl2N5O. The van der Waals surface area contributed by atoms with Gasteiger partial charge in [-0.15, -0.1) is 0 Å². The first-order valence-electron chi connectivity index (χ1n) is 12.6. The Morgan fingerprint density at radius 1 is 0.838 bits per heavy atom. The molecule has 1 aliphatic carbocycles. The third kappa shape index (κ3) is 6.45. The maximum absolute atomic E-state index is 6.11. The summed E-state index contributed by atoms with van der Waals surface area (Å²) in [5, 5.41) is 9.37. The van der Waals surface area contributed by atoms with Crippen molar-refractivity contribution >= 4 is 45.9 Å². The summed E-state index contributed by atoms with van der Waals surface area (Å²) in [6.45, 7) is 0.793. The fraction of sp³-hybridized carbons (Fsp3) is 0.310. The molecule has 0 saturated heterocycles. The van der Waals surface area contributed by atoms with Crippen LogP contribution >= 0.6 is 23.2 Å². The van der Waals surface area contributed by atoms with Gasteiger partial charge in [0.25, 0.3) is 0 Å². The number of para-hydroxylation sites is 1. The molecule has 192 valence electrons. The standard InChI is InChI=1S/C29H31Cl2N5O/c1-36(2)28-24-8-3-4-9-27(24)34-29(35-28)33-21-12-10-20(11-13-21)32-18-19-6-5-7-22(16-19)37-23-14-15-25(30)26(31)17-23/h3-9,14-17,20-21,32H,10-13,18H2,1-2H3,(H,33,34,35). The molecule has 3 aromatic carbocycles. The van der Waals surface area contributed by atoms with Gasteiger partial charge < -0.3 is 20.3 Å². The average molecular weight is 537 g/mol. The summed E-state index contributed by atoms with van der Waals surface area (Å²) < 4.78 is 5.97. The Balaban J connectivity index is 1.13. The lowest BCUT2D eigenvalue weighted by Crippen LogP contribution is -2.37. The fourth-order valence-corrected chi connectivity index (χ4v) is 5.04. The lowest BCUT2D eigenvalue weighted by molar-refractivity contribution is 0.352. The lowest BCUT2D eigenvalue weighted by Gasteiger charge is -2.30. The molecule has 5 rings (SSSR count). The molecule has 0 spiro atoms. The number of anilines is 2. The van der Waals surface area contributed by atoms with Crippen molar-refractivity contribution in [2.24, 2.45) is 0 Å². The molecule has 1 heterocycles. The van der Waals surface area contributed by atoms with Gasteiger partial charge in [-0.25, -0.2) is 4.98 Å². The van der Waals surface area contributed by atoms with E-state index in [-0.39, 0.29) is 0 Å². The van der Waals surface area contributed by atoms with Crippen LogP contribution < -0.4 is 20.3 Å². The van der Waals surface area contributed by atoms with Crippen molar-refractivity contribution in [3.63, 3.8) is 0 Å². The predicted octanol–water partition coefficient (Wildman–Crippen LogP) is 7.31. The van der Waals surface area contributed by atoms with Crippen LogP contribution in [0.5, 0.6) is 11.5 Å². The Morgan fingerprint density at radius 2 is 1.59 bits per heavy atom. The summed E-state index contributed by atoms with van der Waals surface area (Å²) >= 11 is 12.1. The van der Waals surface area contributed by atoms with Gasteiger partial charge in [-0.3, -0.25) is 0 Å². The summed E-state index contributed by atoms with van der Waals surface area (Å²) in [5.41, 5.74) is 2.14. The molecule has 0 unspecified atom stereocenters. The van der Waals surface area contributed by atoms with E-state index in [2.05, 4.69) is 28.8 Å². The maximum atomic E-state index is 6.11. The Labute approximate surface area is 228 Å². The topological polar surface area (TPSA) is 62.3 Å². The molecule has 0 radical (unpaired) electrons. The monoisotopic (exact) mass is 535 g/mol. The second-order valence-electron chi connectivity index (χ2n) is 9.68. The van der Waals surface area contributed by atoms with Crippen LogP contribution in [-0.4, -0.2) is 36.1 Å². The van der Waals surface area contributed by atoms with Crippen LogP contribution in [0.15, 0.2) is 66.7 Å². The predicted molar refractivity (Wildman–Crippen MR) is 153 cm³/mol. The van der Waals surface area contributed by atoms with Crippen LogP contribution in [0.2, 0.25) is 10.0 Å². The summed E-state index contributed by atoms with van der Waals surface area (Å²) in [7, 11) is 4.04. The fourth-order valence-electron chi connectivity index (χ4n) is 4.75. The third-order valence-corrected chi connectivity index (χ3v) is 7.43. The smallest absolute Gasteiger partial charge is 0.225 e. The zero-order chi connectivity index (χ0) is 25.8. The van der Waals surface area contributed by atoms with Crippen molar-refractivity contribution in [3.05, 3.63) is 82.3 Å².